The van der Waals surface area contributed by atoms with E-state index in [4.69, 9.17) is 0 Å². The molecule has 0 bridgehead atoms. The number of nitrogens with zero attached hydrogens (tertiary/aromatic N) is 4. The third-order valence-electron chi connectivity index (χ3n) is 3.30. The molecule has 3 aromatic rings. The molecule has 0 atom stereocenters. The SMILES string of the molecule is Cc1cnc(C(=O)NCc2cccnc2-c2ccncc2)cn1. The standard InChI is InChI=1S/C17H15N5O/c1-12-9-21-15(11-20-12)17(23)22-10-14-3-2-6-19-16(14)13-4-7-18-8-5-13/h2-9,11H,10H2,1H3,(H,22,23). The molecule has 0 aliphatic carbocycles. The molecule has 3 rings (SSSR count). The summed E-state index contributed by atoms with van der Waals surface area (Å²) in [5.41, 5.74) is 3.77. The van der Waals surface area contributed by atoms with E-state index in [9.17, 15) is 4.79 Å². The van der Waals surface area contributed by atoms with E-state index in [-0.39, 0.29) is 5.91 Å². The summed E-state index contributed by atoms with van der Waals surface area (Å²) >= 11 is 0. The van der Waals surface area contributed by atoms with Crippen molar-refractivity contribution >= 4 is 5.91 Å². The van der Waals surface area contributed by atoms with Crippen LogP contribution >= 0.6 is 0 Å². The van der Waals surface area contributed by atoms with Gasteiger partial charge >= 0.3 is 0 Å². The maximum Gasteiger partial charge on any atom is 0.271 e. The zero-order valence-electron chi connectivity index (χ0n) is 12.6. The predicted octanol–water partition coefficient (Wildman–Crippen LogP) is 2.17. The van der Waals surface area contributed by atoms with Crippen molar-refractivity contribution in [3.05, 3.63) is 72.2 Å². The topological polar surface area (TPSA) is 80.7 Å². The molecule has 3 heterocycles. The first-order valence-electron chi connectivity index (χ1n) is 7.15. The van der Waals surface area contributed by atoms with Gasteiger partial charge in [0.1, 0.15) is 5.69 Å². The Hall–Kier alpha value is -3.15. The quantitative estimate of drug-likeness (QED) is 0.799. The Labute approximate surface area is 133 Å². The number of hydrogen-bond acceptors (Lipinski definition) is 5. The molecule has 0 saturated carbocycles. The molecule has 0 fully saturated rings. The maximum atomic E-state index is 12.1. The van der Waals surface area contributed by atoms with Crippen LogP contribution in [0.3, 0.4) is 0 Å². The van der Waals surface area contributed by atoms with Crippen LogP contribution < -0.4 is 5.32 Å². The lowest BCUT2D eigenvalue weighted by Crippen LogP contribution is -2.24. The van der Waals surface area contributed by atoms with Gasteiger partial charge in [-0.1, -0.05) is 6.07 Å². The van der Waals surface area contributed by atoms with Crippen LogP contribution in [0.1, 0.15) is 21.7 Å². The van der Waals surface area contributed by atoms with Crippen molar-refractivity contribution < 1.29 is 4.79 Å². The first-order valence-corrected chi connectivity index (χ1v) is 7.15. The van der Waals surface area contributed by atoms with Gasteiger partial charge in [0.15, 0.2) is 0 Å². The van der Waals surface area contributed by atoms with Crippen molar-refractivity contribution in [1.29, 1.82) is 0 Å². The third kappa shape index (κ3) is 3.55. The van der Waals surface area contributed by atoms with Crippen LogP contribution in [0, 0.1) is 6.92 Å². The molecule has 0 aliphatic rings. The number of hydrogen-bond donors (Lipinski definition) is 1. The Kier molecular flexibility index (Phi) is 4.33. The van der Waals surface area contributed by atoms with Crippen LogP contribution in [0.25, 0.3) is 11.3 Å². The highest BCUT2D eigenvalue weighted by molar-refractivity contribution is 5.91. The zero-order valence-corrected chi connectivity index (χ0v) is 12.6. The van der Waals surface area contributed by atoms with E-state index in [1.807, 2.05) is 31.2 Å². The summed E-state index contributed by atoms with van der Waals surface area (Å²) in [4.78, 5) is 28.7. The first-order chi connectivity index (χ1) is 11.2. The fraction of sp³-hybridized carbons (Fsp3) is 0.118. The molecule has 0 aliphatic heterocycles. The molecule has 0 aromatic carbocycles. The van der Waals surface area contributed by atoms with Crippen LogP contribution in [0.2, 0.25) is 0 Å². The minimum Gasteiger partial charge on any atom is -0.346 e. The van der Waals surface area contributed by atoms with E-state index < -0.39 is 0 Å². The molecule has 0 unspecified atom stereocenters. The van der Waals surface area contributed by atoms with Gasteiger partial charge in [0, 0.05) is 36.9 Å². The summed E-state index contributed by atoms with van der Waals surface area (Å²) in [6.07, 6.45) is 8.20. The number of carbonyl (C=O) groups excluding carboxylic acids is 1. The zero-order chi connectivity index (χ0) is 16.1. The van der Waals surface area contributed by atoms with E-state index in [0.717, 1.165) is 22.5 Å². The Balaban J connectivity index is 1.76. The highest BCUT2D eigenvalue weighted by Gasteiger charge is 2.10. The molecule has 0 radical (unpaired) electrons. The molecule has 0 saturated heterocycles. The van der Waals surface area contributed by atoms with Gasteiger partial charge in [-0.2, -0.15) is 0 Å². The fourth-order valence-corrected chi connectivity index (χ4v) is 2.13. The van der Waals surface area contributed by atoms with Crippen LogP contribution in [-0.2, 0) is 6.54 Å². The summed E-state index contributed by atoms with van der Waals surface area (Å²) in [6.45, 7) is 2.19. The first kappa shape index (κ1) is 14.8. The number of aryl methyl sites for hydroxylation is 1. The molecule has 23 heavy (non-hydrogen) atoms. The fourth-order valence-electron chi connectivity index (χ4n) is 2.13. The summed E-state index contributed by atoms with van der Waals surface area (Å²) in [5.74, 6) is -0.262. The largest absolute Gasteiger partial charge is 0.346 e. The lowest BCUT2D eigenvalue weighted by Gasteiger charge is -2.09. The molecule has 6 heteroatoms. The summed E-state index contributed by atoms with van der Waals surface area (Å²) in [6, 6.07) is 7.56. The van der Waals surface area contributed by atoms with Gasteiger partial charge < -0.3 is 5.32 Å². The Bertz CT molecular complexity index is 803. The molecule has 1 N–H and O–H groups in total. The molecule has 114 valence electrons. The Morgan fingerprint density at radius 1 is 1.04 bits per heavy atom. The second-order valence-electron chi connectivity index (χ2n) is 4.97. The van der Waals surface area contributed by atoms with Crippen LogP contribution in [0.15, 0.2) is 55.2 Å². The number of amides is 1. The second-order valence-corrected chi connectivity index (χ2v) is 4.97. The van der Waals surface area contributed by atoms with Gasteiger partial charge in [0.25, 0.3) is 5.91 Å². The van der Waals surface area contributed by atoms with Gasteiger partial charge in [-0.3, -0.25) is 19.7 Å². The Morgan fingerprint density at radius 3 is 2.61 bits per heavy atom. The maximum absolute atomic E-state index is 12.1. The highest BCUT2D eigenvalue weighted by atomic mass is 16.1. The summed E-state index contributed by atoms with van der Waals surface area (Å²) < 4.78 is 0. The average molecular weight is 305 g/mol. The number of nitrogens with one attached hydrogen (secondary N) is 1. The lowest BCUT2D eigenvalue weighted by atomic mass is 10.1. The van der Waals surface area contributed by atoms with E-state index in [0.29, 0.717) is 12.2 Å². The van der Waals surface area contributed by atoms with E-state index >= 15 is 0 Å². The molecule has 3 aromatic heterocycles. The number of rotatable bonds is 4. The number of carbonyl (C=O) groups is 1. The lowest BCUT2D eigenvalue weighted by molar-refractivity contribution is 0.0945. The van der Waals surface area contributed by atoms with Gasteiger partial charge in [-0.25, -0.2) is 4.98 Å². The average Bonchev–Trinajstić information content (AvgIpc) is 2.61. The van der Waals surface area contributed by atoms with Gasteiger partial charge in [-0.05, 0) is 30.7 Å². The van der Waals surface area contributed by atoms with Gasteiger partial charge in [0.05, 0.1) is 17.6 Å². The number of pyridine rings is 2. The van der Waals surface area contributed by atoms with Crippen molar-refractivity contribution in [3.63, 3.8) is 0 Å². The summed E-state index contributed by atoms with van der Waals surface area (Å²) in [7, 11) is 0. The minimum absolute atomic E-state index is 0.262. The van der Waals surface area contributed by atoms with Crippen molar-refractivity contribution in [3.8, 4) is 11.3 Å². The normalized spacial score (nSPS) is 10.3. The van der Waals surface area contributed by atoms with Crippen LogP contribution in [-0.4, -0.2) is 25.8 Å². The van der Waals surface area contributed by atoms with E-state index in [1.165, 1.54) is 6.20 Å². The van der Waals surface area contributed by atoms with E-state index in [1.54, 1.807) is 24.8 Å². The molecule has 1 amide bonds. The monoisotopic (exact) mass is 305 g/mol. The van der Waals surface area contributed by atoms with Gasteiger partial charge in [-0.15, -0.1) is 0 Å². The van der Waals surface area contributed by atoms with Crippen LogP contribution in [0.5, 0.6) is 0 Å². The predicted molar refractivity (Wildman–Crippen MR) is 85.4 cm³/mol. The van der Waals surface area contributed by atoms with E-state index in [2.05, 4.69) is 25.3 Å². The molecular formula is C17H15N5O. The van der Waals surface area contributed by atoms with Crippen molar-refractivity contribution in [2.75, 3.05) is 0 Å². The number of aromatic nitrogens is 4. The van der Waals surface area contributed by atoms with Crippen molar-refractivity contribution in [2.24, 2.45) is 0 Å². The highest BCUT2D eigenvalue weighted by Crippen LogP contribution is 2.20. The van der Waals surface area contributed by atoms with Crippen molar-refractivity contribution in [1.82, 2.24) is 25.3 Å². The second kappa shape index (κ2) is 6.74. The van der Waals surface area contributed by atoms with Gasteiger partial charge in [0.2, 0.25) is 0 Å². The smallest absolute Gasteiger partial charge is 0.271 e. The third-order valence-corrected chi connectivity index (χ3v) is 3.30. The Morgan fingerprint density at radius 2 is 1.87 bits per heavy atom. The van der Waals surface area contributed by atoms with Crippen molar-refractivity contribution in [2.45, 2.75) is 13.5 Å². The molecular weight excluding hydrogens is 290 g/mol. The molecule has 0 spiro atoms. The van der Waals surface area contributed by atoms with Crippen LogP contribution in [0.4, 0.5) is 0 Å². The minimum atomic E-state index is -0.262. The summed E-state index contributed by atoms with van der Waals surface area (Å²) in [5, 5.41) is 2.85. The molecule has 6 nitrogen and oxygen atoms in total.